The predicted molar refractivity (Wildman–Crippen MR) is 66.8 cm³/mol. The van der Waals surface area contributed by atoms with Gasteiger partial charge >= 0.3 is 0 Å². The average Bonchev–Trinajstić information content (AvgIpc) is 2.23. The molecule has 0 aromatic heterocycles. The van der Waals surface area contributed by atoms with Crippen molar-refractivity contribution in [2.45, 2.75) is 6.42 Å². The molecule has 0 radical (unpaired) electrons. The van der Waals surface area contributed by atoms with Crippen molar-refractivity contribution in [1.82, 2.24) is 4.90 Å². The first kappa shape index (κ1) is 13.7. The van der Waals surface area contributed by atoms with Crippen molar-refractivity contribution in [1.29, 1.82) is 0 Å². The molecular formula is C11H15ClN2O3. The van der Waals surface area contributed by atoms with Gasteiger partial charge < -0.3 is 9.64 Å². The van der Waals surface area contributed by atoms with E-state index in [9.17, 15) is 10.1 Å². The summed E-state index contributed by atoms with van der Waals surface area (Å²) in [5, 5.41) is 10.6. The summed E-state index contributed by atoms with van der Waals surface area (Å²) < 4.78 is 5.44. The van der Waals surface area contributed by atoms with Crippen LogP contribution in [-0.4, -0.2) is 37.1 Å². The molecule has 5 nitrogen and oxygen atoms in total. The Morgan fingerprint density at radius 3 is 2.71 bits per heavy atom. The Morgan fingerprint density at radius 2 is 2.18 bits per heavy atom. The molecule has 0 atom stereocenters. The zero-order valence-electron chi connectivity index (χ0n) is 9.85. The molecule has 0 unspecified atom stereocenters. The van der Waals surface area contributed by atoms with Crippen molar-refractivity contribution in [3.63, 3.8) is 0 Å². The number of nitro groups is 1. The standard InChI is InChI=1S/C11H15ClN2O3/c1-13(2)6-3-7-17-9-4-5-11(14(15)16)10(12)8-9/h4-5,8H,3,6-7H2,1-2H3. The summed E-state index contributed by atoms with van der Waals surface area (Å²) in [6.45, 7) is 1.49. The van der Waals surface area contributed by atoms with Gasteiger partial charge in [-0.25, -0.2) is 0 Å². The molecule has 0 heterocycles. The van der Waals surface area contributed by atoms with Gasteiger partial charge in [0.15, 0.2) is 0 Å². The summed E-state index contributed by atoms with van der Waals surface area (Å²) in [5.41, 5.74) is -0.104. The summed E-state index contributed by atoms with van der Waals surface area (Å²) in [6.07, 6.45) is 0.890. The van der Waals surface area contributed by atoms with Crippen LogP contribution in [0.25, 0.3) is 0 Å². The van der Waals surface area contributed by atoms with Crippen LogP contribution in [0.15, 0.2) is 18.2 Å². The fourth-order valence-corrected chi connectivity index (χ4v) is 1.54. The predicted octanol–water partition coefficient (Wildman–Crippen LogP) is 2.58. The normalized spacial score (nSPS) is 10.6. The third kappa shape index (κ3) is 4.58. The molecule has 0 saturated heterocycles. The first-order chi connectivity index (χ1) is 8.00. The van der Waals surface area contributed by atoms with Crippen LogP contribution in [0.1, 0.15) is 6.42 Å². The maximum atomic E-state index is 10.5. The van der Waals surface area contributed by atoms with E-state index in [4.69, 9.17) is 16.3 Å². The molecule has 0 aliphatic heterocycles. The van der Waals surface area contributed by atoms with Crippen LogP contribution >= 0.6 is 11.6 Å². The highest BCUT2D eigenvalue weighted by Gasteiger charge is 2.12. The van der Waals surface area contributed by atoms with Gasteiger partial charge in [0.05, 0.1) is 11.5 Å². The highest BCUT2D eigenvalue weighted by Crippen LogP contribution is 2.28. The Bertz CT molecular complexity index is 396. The van der Waals surface area contributed by atoms with E-state index in [1.54, 1.807) is 6.07 Å². The number of nitro benzene ring substituents is 1. The molecule has 1 aromatic carbocycles. The van der Waals surface area contributed by atoms with Gasteiger partial charge in [0.25, 0.3) is 5.69 Å². The highest BCUT2D eigenvalue weighted by molar-refractivity contribution is 6.32. The molecule has 0 spiro atoms. The molecule has 1 rings (SSSR count). The maximum Gasteiger partial charge on any atom is 0.288 e. The lowest BCUT2D eigenvalue weighted by atomic mass is 10.3. The van der Waals surface area contributed by atoms with Crippen molar-refractivity contribution in [2.24, 2.45) is 0 Å². The third-order valence-corrected chi connectivity index (χ3v) is 2.44. The largest absolute Gasteiger partial charge is 0.493 e. The lowest BCUT2D eigenvalue weighted by molar-refractivity contribution is -0.384. The SMILES string of the molecule is CN(C)CCCOc1ccc([N+](=O)[O-])c(Cl)c1. The van der Waals surface area contributed by atoms with E-state index in [0.29, 0.717) is 12.4 Å². The maximum absolute atomic E-state index is 10.5. The fourth-order valence-electron chi connectivity index (χ4n) is 1.30. The molecule has 1 aromatic rings. The van der Waals surface area contributed by atoms with Gasteiger partial charge in [-0.2, -0.15) is 0 Å². The third-order valence-electron chi connectivity index (χ3n) is 2.13. The summed E-state index contributed by atoms with van der Waals surface area (Å²) in [5.74, 6) is 0.555. The average molecular weight is 259 g/mol. The minimum atomic E-state index is -0.516. The second-order valence-corrected chi connectivity index (χ2v) is 4.28. The number of hydrogen-bond donors (Lipinski definition) is 0. The van der Waals surface area contributed by atoms with Crippen LogP contribution in [-0.2, 0) is 0 Å². The monoisotopic (exact) mass is 258 g/mol. The van der Waals surface area contributed by atoms with Gasteiger partial charge in [-0.1, -0.05) is 11.6 Å². The van der Waals surface area contributed by atoms with Crippen molar-refractivity contribution in [3.8, 4) is 5.75 Å². The van der Waals surface area contributed by atoms with Crippen molar-refractivity contribution in [3.05, 3.63) is 33.3 Å². The minimum Gasteiger partial charge on any atom is -0.493 e. The molecule has 17 heavy (non-hydrogen) atoms. The van der Waals surface area contributed by atoms with Crippen LogP contribution in [0.5, 0.6) is 5.75 Å². The molecule has 6 heteroatoms. The Balaban J connectivity index is 2.50. The van der Waals surface area contributed by atoms with E-state index >= 15 is 0 Å². The van der Waals surface area contributed by atoms with E-state index < -0.39 is 4.92 Å². The highest BCUT2D eigenvalue weighted by atomic mass is 35.5. The summed E-state index contributed by atoms with van der Waals surface area (Å²) in [6, 6.07) is 4.37. The minimum absolute atomic E-state index is 0.0973. The van der Waals surface area contributed by atoms with Crippen LogP contribution in [0, 0.1) is 10.1 Å². The van der Waals surface area contributed by atoms with Crippen molar-refractivity contribution in [2.75, 3.05) is 27.2 Å². The number of hydrogen-bond acceptors (Lipinski definition) is 4. The van der Waals surface area contributed by atoms with E-state index in [1.165, 1.54) is 12.1 Å². The molecule has 0 N–H and O–H groups in total. The van der Waals surface area contributed by atoms with Crippen molar-refractivity contribution < 1.29 is 9.66 Å². The van der Waals surface area contributed by atoms with Gasteiger partial charge in [-0.15, -0.1) is 0 Å². The zero-order chi connectivity index (χ0) is 12.8. The smallest absolute Gasteiger partial charge is 0.288 e. The first-order valence-electron chi connectivity index (χ1n) is 5.22. The molecule has 94 valence electrons. The Labute approximate surface area is 105 Å². The Kier molecular flexibility index (Phi) is 5.18. The van der Waals surface area contributed by atoms with E-state index in [2.05, 4.69) is 4.90 Å². The van der Waals surface area contributed by atoms with Gasteiger partial charge in [0, 0.05) is 18.7 Å². The number of ether oxygens (including phenoxy) is 1. The first-order valence-corrected chi connectivity index (χ1v) is 5.60. The second-order valence-electron chi connectivity index (χ2n) is 3.88. The Morgan fingerprint density at radius 1 is 1.47 bits per heavy atom. The van der Waals surface area contributed by atoms with Crippen LogP contribution in [0.3, 0.4) is 0 Å². The molecule has 0 amide bonds. The van der Waals surface area contributed by atoms with Gasteiger partial charge in [0.1, 0.15) is 10.8 Å². The van der Waals surface area contributed by atoms with E-state index in [0.717, 1.165) is 13.0 Å². The van der Waals surface area contributed by atoms with E-state index in [1.807, 2.05) is 14.1 Å². The number of rotatable bonds is 6. The topological polar surface area (TPSA) is 55.6 Å². The number of halogens is 1. The molecule has 0 bridgehead atoms. The summed E-state index contributed by atoms with van der Waals surface area (Å²) in [4.78, 5) is 12.1. The quantitative estimate of drug-likeness (QED) is 0.447. The summed E-state index contributed by atoms with van der Waals surface area (Å²) in [7, 11) is 3.98. The Hall–Kier alpha value is -1.33. The van der Waals surface area contributed by atoms with Crippen LogP contribution in [0.4, 0.5) is 5.69 Å². The van der Waals surface area contributed by atoms with Gasteiger partial charge in [0.2, 0.25) is 0 Å². The summed E-state index contributed by atoms with van der Waals surface area (Å²) >= 11 is 5.76. The lowest BCUT2D eigenvalue weighted by Crippen LogP contribution is -2.15. The van der Waals surface area contributed by atoms with Crippen LogP contribution in [0.2, 0.25) is 5.02 Å². The molecular weight excluding hydrogens is 244 g/mol. The molecule has 0 aliphatic rings. The molecule has 0 fully saturated rings. The van der Waals surface area contributed by atoms with Crippen LogP contribution < -0.4 is 4.74 Å². The molecule has 0 aliphatic carbocycles. The van der Waals surface area contributed by atoms with Gasteiger partial charge in [-0.3, -0.25) is 10.1 Å². The fraction of sp³-hybridized carbons (Fsp3) is 0.455. The zero-order valence-corrected chi connectivity index (χ0v) is 10.6. The second kappa shape index (κ2) is 6.42. The number of nitrogens with zero attached hydrogens (tertiary/aromatic N) is 2. The number of benzene rings is 1. The van der Waals surface area contributed by atoms with Gasteiger partial charge in [-0.05, 0) is 26.6 Å². The van der Waals surface area contributed by atoms with Crippen molar-refractivity contribution >= 4 is 17.3 Å². The lowest BCUT2D eigenvalue weighted by Gasteiger charge is -2.10. The van der Waals surface area contributed by atoms with E-state index in [-0.39, 0.29) is 10.7 Å². The molecule has 0 saturated carbocycles.